The van der Waals surface area contributed by atoms with Crippen molar-refractivity contribution in [2.45, 2.75) is 39.4 Å². The summed E-state index contributed by atoms with van der Waals surface area (Å²) in [6, 6.07) is 11.2. The van der Waals surface area contributed by atoms with E-state index in [1.54, 1.807) is 11.3 Å². The molecule has 2 N–H and O–H groups in total. The van der Waals surface area contributed by atoms with Gasteiger partial charge in [-0.2, -0.15) is 0 Å². The van der Waals surface area contributed by atoms with E-state index in [1.165, 1.54) is 10.6 Å². The summed E-state index contributed by atoms with van der Waals surface area (Å²) >= 11 is 5.49. The normalized spacial score (nSPS) is 12.7. The molecule has 20 heavy (non-hydrogen) atoms. The summed E-state index contributed by atoms with van der Waals surface area (Å²) in [5, 5.41) is 2.13. The number of rotatable bonds is 5. The van der Waals surface area contributed by atoms with Crippen molar-refractivity contribution in [3.63, 3.8) is 0 Å². The molecule has 2 aromatic rings. The monoisotopic (exact) mass is 352 g/mol. The zero-order valence-corrected chi connectivity index (χ0v) is 14.5. The lowest BCUT2D eigenvalue weighted by atomic mass is 10.1. The topological polar surface area (TPSA) is 29.3 Å². The second kappa shape index (κ2) is 6.74. The van der Waals surface area contributed by atoms with Gasteiger partial charge in [-0.3, -0.25) is 0 Å². The lowest BCUT2D eigenvalue weighted by Crippen LogP contribution is -2.30. The highest BCUT2D eigenvalue weighted by atomic mass is 79.9. The van der Waals surface area contributed by atoms with Gasteiger partial charge in [0.2, 0.25) is 0 Å². The molecule has 0 aliphatic rings. The molecule has 4 heteroatoms. The van der Waals surface area contributed by atoms with Crippen LogP contribution in [-0.4, -0.2) is 6.04 Å². The standard InChI is InChI=1S/C16H21BrN2S/c1-11(2)19(10-14-5-4-8-20-14)16-7-6-13(12(3)18)9-15(16)17/h4-9,11-12H,10,18H2,1-3H3/t12-/m1/s1. The fourth-order valence-corrected chi connectivity index (χ4v) is 3.48. The highest BCUT2D eigenvalue weighted by Gasteiger charge is 2.15. The lowest BCUT2D eigenvalue weighted by molar-refractivity contribution is 0.685. The molecule has 0 fully saturated rings. The van der Waals surface area contributed by atoms with Crippen LogP contribution in [0.3, 0.4) is 0 Å². The Labute approximate surface area is 133 Å². The Morgan fingerprint density at radius 3 is 2.50 bits per heavy atom. The Kier molecular flexibility index (Phi) is 5.24. The summed E-state index contributed by atoms with van der Waals surface area (Å²) in [7, 11) is 0. The molecule has 1 aromatic carbocycles. The van der Waals surface area contributed by atoms with Gasteiger partial charge in [-0.05, 0) is 65.8 Å². The molecule has 108 valence electrons. The average molecular weight is 353 g/mol. The van der Waals surface area contributed by atoms with Gasteiger partial charge in [-0.1, -0.05) is 12.1 Å². The fourth-order valence-electron chi connectivity index (χ4n) is 2.16. The third kappa shape index (κ3) is 3.62. The quantitative estimate of drug-likeness (QED) is 0.824. The van der Waals surface area contributed by atoms with E-state index in [2.05, 4.69) is 70.4 Å². The summed E-state index contributed by atoms with van der Waals surface area (Å²) in [5.41, 5.74) is 8.32. The number of anilines is 1. The van der Waals surface area contributed by atoms with Gasteiger partial charge in [-0.25, -0.2) is 0 Å². The minimum atomic E-state index is 0.0603. The van der Waals surface area contributed by atoms with Crippen molar-refractivity contribution in [1.29, 1.82) is 0 Å². The second-order valence-electron chi connectivity index (χ2n) is 5.30. The van der Waals surface area contributed by atoms with Crippen molar-refractivity contribution in [3.8, 4) is 0 Å². The third-order valence-electron chi connectivity index (χ3n) is 3.34. The van der Waals surface area contributed by atoms with Crippen LogP contribution in [0.15, 0.2) is 40.2 Å². The Bertz CT molecular complexity index is 550. The average Bonchev–Trinajstić information content (AvgIpc) is 2.89. The third-order valence-corrected chi connectivity index (χ3v) is 4.83. The highest BCUT2D eigenvalue weighted by Crippen LogP contribution is 2.32. The van der Waals surface area contributed by atoms with Gasteiger partial charge in [0.15, 0.2) is 0 Å². The van der Waals surface area contributed by atoms with E-state index in [9.17, 15) is 0 Å². The van der Waals surface area contributed by atoms with Crippen molar-refractivity contribution in [2.24, 2.45) is 5.73 Å². The first-order valence-corrected chi connectivity index (χ1v) is 8.50. The van der Waals surface area contributed by atoms with Crippen molar-refractivity contribution < 1.29 is 0 Å². The largest absolute Gasteiger partial charge is 0.363 e. The number of benzene rings is 1. The van der Waals surface area contributed by atoms with Crippen LogP contribution < -0.4 is 10.6 Å². The smallest absolute Gasteiger partial charge is 0.0526 e. The summed E-state index contributed by atoms with van der Waals surface area (Å²) in [5.74, 6) is 0. The van der Waals surface area contributed by atoms with Crippen molar-refractivity contribution in [3.05, 3.63) is 50.6 Å². The molecule has 0 radical (unpaired) electrons. The Balaban J connectivity index is 2.30. The maximum atomic E-state index is 5.95. The summed E-state index contributed by atoms with van der Waals surface area (Å²) in [6.07, 6.45) is 0. The molecular weight excluding hydrogens is 332 g/mol. The minimum absolute atomic E-state index is 0.0603. The van der Waals surface area contributed by atoms with Crippen LogP contribution in [0.25, 0.3) is 0 Å². The predicted molar refractivity (Wildman–Crippen MR) is 92.4 cm³/mol. The molecule has 0 aliphatic carbocycles. The molecule has 0 aliphatic heterocycles. The SMILES string of the molecule is CC(C)N(Cc1cccs1)c1ccc([C@@H](C)N)cc1Br. The Morgan fingerprint density at radius 1 is 1.25 bits per heavy atom. The number of hydrogen-bond donors (Lipinski definition) is 1. The van der Waals surface area contributed by atoms with E-state index in [4.69, 9.17) is 5.73 Å². The van der Waals surface area contributed by atoms with Crippen LogP contribution in [0.1, 0.15) is 37.3 Å². The molecule has 0 saturated heterocycles. The van der Waals surface area contributed by atoms with Crippen LogP contribution in [-0.2, 0) is 6.54 Å². The van der Waals surface area contributed by atoms with Gasteiger partial charge in [0, 0.05) is 21.4 Å². The predicted octanol–water partition coefficient (Wildman–Crippen LogP) is 4.95. The highest BCUT2D eigenvalue weighted by molar-refractivity contribution is 9.10. The number of nitrogens with two attached hydrogens (primary N) is 1. The number of halogens is 1. The van der Waals surface area contributed by atoms with Gasteiger partial charge >= 0.3 is 0 Å². The molecular formula is C16H21BrN2S. The molecule has 1 aromatic heterocycles. The molecule has 0 saturated carbocycles. The van der Waals surface area contributed by atoms with Crippen LogP contribution in [0, 0.1) is 0 Å². The first-order chi connectivity index (χ1) is 9.49. The van der Waals surface area contributed by atoms with E-state index in [0.29, 0.717) is 6.04 Å². The van der Waals surface area contributed by atoms with Crippen LogP contribution in [0.4, 0.5) is 5.69 Å². The molecule has 0 spiro atoms. The molecule has 0 amide bonds. The maximum Gasteiger partial charge on any atom is 0.0526 e. The van der Waals surface area contributed by atoms with Crippen LogP contribution in [0.2, 0.25) is 0 Å². The minimum Gasteiger partial charge on any atom is -0.363 e. The summed E-state index contributed by atoms with van der Waals surface area (Å²) < 4.78 is 1.11. The van der Waals surface area contributed by atoms with E-state index >= 15 is 0 Å². The number of nitrogens with zero attached hydrogens (tertiary/aromatic N) is 1. The van der Waals surface area contributed by atoms with Crippen molar-refractivity contribution >= 4 is 33.0 Å². The van der Waals surface area contributed by atoms with E-state index in [0.717, 1.165) is 16.6 Å². The van der Waals surface area contributed by atoms with Gasteiger partial charge in [0.05, 0.1) is 12.2 Å². The fraction of sp³-hybridized carbons (Fsp3) is 0.375. The second-order valence-corrected chi connectivity index (χ2v) is 7.19. The van der Waals surface area contributed by atoms with Gasteiger partial charge in [0.25, 0.3) is 0 Å². The van der Waals surface area contributed by atoms with Gasteiger partial charge in [0.1, 0.15) is 0 Å². The lowest BCUT2D eigenvalue weighted by Gasteiger charge is -2.30. The van der Waals surface area contributed by atoms with Gasteiger partial charge in [-0.15, -0.1) is 11.3 Å². The molecule has 2 nitrogen and oxygen atoms in total. The molecule has 0 unspecified atom stereocenters. The van der Waals surface area contributed by atoms with E-state index < -0.39 is 0 Å². The molecule has 1 atom stereocenters. The molecule has 2 rings (SSSR count). The van der Waals surface area contributed by atoms with Crippen molar-refractivity contribution in [2.75, 3.05) is 4.90 Å². The zero-order valence-electron chi connectivity index (χ0n) is 12.1. The maximum absolute atomic E-state index is 5.95. The Hall–Kier alpha value is -0.840. The number of hydrogen-bond acceptors (Lipinski definition) is 3. The van der Waals surface area contributed by atoms with Crippen LogP contribution in [0.5, 0.6) is 0 Å². The zero-order chi connectivity index (χ0) is 14.7. The van der Waals surface area contributed by atoms with E-state index in [1.807, 2.05) is 6.92 Å². The summed E-state index contributed by atoms with van der Waals surface area (Å²) in [4.78, 5) is 3.78. The summed E-state index contributed by atoms with van der Waals surface area (Å²) in [6.45, 7) is 7.39. The first-order valence-electron chi connectivity index (χ1n) is 6.83. The first kappa shape index (κ1) is 15.5. The molecule has 1 heterocycles. The number of thiophene rings is 1. The van der Waals surface area contributed by atoms with Gasteiger partial charge < -0.3 is 10.6 Å². The van der Waals surface area contributed by atoms with E-state index in [-0.39, 0.29) is 6.04 Å². The van der Waals surface area contributed by atoms with Crippen molar-refractivity contribution in [1.82, 2.24) is 0 Å². The van der Waals surface area contributed by atoms with Crippen LogP contribution >= 0.6 is 27.3 Å². The molecule has 0 bridgehead atoms. The Morgan fingerprint density at radius 2 is 2.00 bits per heavy atom.